The van der Waals surface area contributed by atoms with Gasteiger partial charge in [0.25, 0.3) is 0 Å². The van der Waals surface area contributed by atoms with Crippen molar-refractivity contribution in [3.05, 3.63) is 72.8 Å². The molecule has 0 unspecified atom stereocenters. The minimum atomic E-state index is 0.778. The van der Waals surface area contributed by atoms with E-state index < -0.39 is 0 Å². The summed E-state index contributed by atoms with van der Waals surface area (Å²) in [5.74, 6) is 0.865. The third-order valence-electron chi connectivity index (χ3n) is 3.18. The molecule has 0 radical (unpaired) electrons. The average molecular weight is 339 g/mol. The van der Waals surface area contributed by atoms with Crippen LogP contribution in [-0.2, 0) is 0 Å². The van der Waals surface area contributed by atoms with Crippen molar-refractivity contribution in [1.82, 2.24) is 0 Å². The van der Waals surface area contributed by atoms with Crippen LogP contribution < -0.4 is 10.5 Å². The summed E-state index contributed by atoms with van der Waals surface area (Å²) in [6, 6.07) is 24.5. The van der Waals surface area contributed by atoms with Crippen LogP contribution in [0.3, 0.4) is 0 Å². The van der Waals surface area contributed by atoms with Crippen molar-refractivity contribution in [2.75, 3.05) is 12.8 Å². The molecule has 0 aliphatic heterocycles. The number of nitrogen functional groups attached to an aromatic ring is 1. The van der Waals surface area contributed by atoms with Gasteiger partial charge in [0.05, 0.1) is 7.11 Å². The molecule has 4 heteroatoms. The lowest BCUT2D eigenvalue weighted by Gasteiger charge is -2.09. The first-order valence-corrected chi connectivity index (χ1v) is 8.81. The van der Waals surface area contributed by atoms with Gasteiger partial charge < -0.3 is 10.5 Å². The Bertz CT molecular complexity index is 773. The fourth-order valence-electron chi connectivity index (χ4n) is 2.08. The van der Waals surface area contributed by atoms with Gasteiger partial charge in [0, 0.05) is 25.3 Å². The predicted molar refractivity (Wildman–Crippen MR) is 98.5 cm³/mol. The zero-order valence-electron chi connectivity index (χ0n) is 12.7. The highest BCUT2D eigenvalue weighted by atomic mass is 32.2. The molecule has 3 aromatic carbocycles. The molecule has 3 aromatic rings. The molecule has 116 valence electrons. The highest BCUT2D eigenvalue weighted by Gasteiger charge is 2.05. The SMILES string of the molecule is COc1cc(Sc2ccccc2)cc(Sc2ccc(N)cc2)c1. The van der Waals surface area contributed by atoms with Crippen molar-refractivity contribution < 1.29 is 4.74 Å². The van der Waals surface area contributed by atoms with Gasteiger partial charge in [0.15, 0.2) is 0 Å². The van der Waals surface area contributed by atoms with E-state index in [4.69, 9.17) is 10.5 Å². The molecule has 0 fully saturated rings. The predicted octanol–water partition coefficient (Wildman–Crippen LogP) is 5.58. The Morgan fingerprint density at radius 2 is 1.26 bits per heavy atom. The maximum absolute atomic E-state index is 5.74. The van der Waals surface area contributed by atoms with Gasteiger partial charge in [-0.3, -0.25) is 0 Å². The summed E-state index contributed by atoms with van der Waals surface area (Å²) < 4.78 is 5.44. The van der Waals surface area contributed by atoms with E-state index >= 15 is 0 Å². The van der Waals surface area contributed by atoms with Gasteiger partial charge in [-0.2, -0.15) is 0 Å². The number of ether oxygens (including phenoxy) is 1. The smallest absolute Gasteiger partial charge is 0.121 e. The molecule has 0 bridgehead atoms. The molecule has 0 aliphatic rings. The molecule has 2 nitrogen and oxygen atoms in total. The van der Waals surface area contributed by atoms with Crippen LogP contribution in [0, 0.1) is 0 Å². The fourth-order valence-corrected chi connectivity index (χ4v) is 3.98. The molecule has 0 atom stereocenters. The van der Waals surface area contributed by atoms with Crippen molar-refractivity contribution in [2.24, 2.45) is 0 Å². The van der Waals surface area contributed by atoms with Crippen LogP contribution >= 0.6 is 23.5 Å². The zero-order valence-corrected chi connectivity index (χ0v) is 14.4. The van der Waals surface area contributed by atoms with Gasteiger partial charge in [-0.15, -0.1) is 0 Å². The van der Waals surface area contributed by atoms with Crippen LogP contribution in [0.1, 0.15) is 0 Å². The van der Waals surface area contributed by atoms with Crippen molar-refractivity contribution in [2.45, 2.75) is 19.6 Å². The van der Waals surface area contributed by atoms with Crippen LogP contribution in [-0.4, -0.2) is 7.11 Å². The second-order valence-electron chi connectivity index (χ2n) is 4.93. The highest BCUT2D eigenvalue weighted by Crippen LogP contribution is 2.36. The molecule has 0 saturated carbocycles. The quantitative estimate of drug-likeness (QED) is 0.615. The Labute approximate surface area is 145 Å². The maximum atomic E-state index is 5.74. The number of hydrogen-bond donors (Lipinski definition) is 1. The van der Waals surface area contributed by atoms with Crippen LogP contribution in [0.5, 0.6) is 5.75 Å². The van der Waals surface area contributed by atoms with E-state index in [0.717, 1.165) is 26.1 Å². The van der Waals surface area contributed by atoms with Crippen LogP contribution in [0.2, 0.25) is 0 Å². The highest BCUT2D eigenvalue weighted by molar-refractivity contribution is 8.00. The summed E-state index contributed by atoms with van der Waals surface area (Å²) in [6.07, 6.45) is 0. The van der Waals surface area contributed by atoms with Gasteiger partial charge in [-0.1, -0.05) is 41.7 Å². The summed E-state index contributed by atoms with van der Waals surface area (Å²) in [5, 5.41) is 0. The summed E-state index contributed by atoms with van der Waals surface area (Å²) in [4.78, 5) is 4.67. The molecular formula is C19H17NOS2. The van der Waals surface area contributed by atoms with Crippen LogP contribution in [0.25, 0.3) is 0 Å². The normalized spacial score (nSPS) is 10.5. The Morgan fingerprint density at radius 1 is 0.696 bits per heavy atom. The lowest BCUT2D eigenvalue weighted by atomic mass is 10.3. The monoisotopic (exact) mass is 339 g/mol. The first-order valence-electron chi connectivity index (χ1n) is 7.18. The number of hydrogen-bond acceptors (Lipinski definition) is 4. The molecule has 2 N–H and O–H groups in total. The largest absolute Gasteiger partial charge is 0.497 e. The van der Waals surface area contributed by atoms with Gasteiger partial charge in [0.1, 0.15) is 5.75 Å². The molecule has 0 aromatic heterocycles. The van der Waals surface area contributed by atoms with Crippen molar-refractivity contribution in [1.29, 1.82) is 0 Å². The molecule has 23 heavy (non-hydrogen) atoms. The third kappa shape index (κ3) is 4.47. The van der Waals surface area contributed by atoms with Gasteiger partial charge in [-0.25, -0.2) is 0 Å². The number of rotatable bonds is 5. The zero-order chi connectivity index (χ0) is 16.1. The van der Waals surface area contributed by atoms with Gasteiger partial charge in [-0.05, 0) is 54.6 Å². The van der Waals surface area contributed by atoms with Gasteiger partial charge in [0.2, 0.25) is 0 Å². The minimum absolute atomic E-state index is 0.778. The Morgan fingerprint density at radius 3 is 1.83 bits per heavy atom. The lowest BCUT2D eigenvalue weighted by molar-refractivity contribution is 0.412. The lowest BCUT2D eigenvalue weighted by Crippen LogP contribution is -1.86. The van der Waals surface area contributed by atoms with Crippen molar-refractivity contribution >= 4 is 29.2 Å². The van der Waals surface area contributed by atoms with Crippen molar-refractivity contribution in [3.63, 3.8) is 0 Å². The molecule has 0 amide bonds. The molecule has 3 rings (SSSR count). The van der Waals surface area contributed by atoms with E-state index in [-0.39, 0.29) is 0 Å². The van der Waals surface area contributed by atoms with Crippen molar-refractivity contribution in [3.8, 4) is 5.75 Å². The first-order chi connectivity index (χ1) is 11.2. The Kier molecular flexibility index (Phi) is 5.16. The minimum Gasteiger partial charge on any atom is -0.497 e. The van der Waals surface area contributed by atoms with E-state index in [0.29, 0.717) is 0 Å². The molecular weight excluding hydrogens is 322 g/mol. The second-order valence-corrected chi connectivity index (χ2v) is 7.22. The van der Waals surface area contributed by atoms with Crippen LogP contribution in [0.15, 0.2) is 92.4 Å². The van der Waals surface area contributed by atoms with Crippen LogP contribution in [0.4, 0.5) is 5.69 Å². The molecule has 0 aliphatic carbocycles. The summed E-state index contributed by atoms with van der Waals surface area (Å²) in [6.45, 7) is 0. The third-order valence-corrected chi connectivity index (χ3v) is 5.14. The fraction of sp³-hybridized carbons (Fsp3) is 0.0526. The Hall–Kier alpha value is -2.04. The van der Waals surface area contributed by atoms with E-state index in [1.165, 1.54) is 4.90 Å². The summed E-state index contributed by atoms with van der Waals surface area (Å²) >= 11 is 3.43. The standard InChI is InChI=1S/C19H17NOS2/c1-21-15-11-18(22-16-5-3-2-4-6-16)13-19(12-15)23-17-9-7-14(20)8-10-17/h2-13H,20H2,1H3. The topological polar surface area (TPSA) is 35.2 Å². The Balaban J connectivity index is 1.85. The number of nitrogens with two attached hydrogens (primary N) is 1. The number of anilines is 1. The summed E-state index contributed by atoms with van der Waals surface area (Å²) in [5.41, 5.74) is 6.52. The number of benzene rings is 3. The van der Waals surface area contributed by atoms with E-state index in [9.17, 15) is 0 Å². The first kappa shape index (κ1) is 15.8. The molecule has 0 spiro atoms. The average Bonchev–Trinajstić information content (AvgIpc) is 2.57. The number of methoxy groups -OCH3 is 1. The molecule has 0 heterocycles. The summed E-state index contributed by atoms with van der Waals surface area (Å²) in [7, 11) is 1.70. The second kappa shape index (κ2) is 7.49. The van der Waals surface area contributed by atoms with Gasteiger partial charge >= 0.3 is 0 Å². The van der Waals surface area contributed by atoms with E-state index in [1.54, 1.807) is 30.6 Å². The molecule has 0 saturated heterocycles. The maximum Gasteiger partial charge on any atom is 0.121 e. The van der Waals surface area contributed by atoms with E-state index in [1.807, 2.05) is 42.5 Å². The van der Waals surface area contributed by atoms with E-state index in [2.05, 4.69) is 30.3 Å².